The molecule has 0 saturated heterocycles. The number of nitrogens with one attached hydrogen (secondary N) is 1. The minimum atomic E-state index is 0. The molecular formula is C18H20ClN3OS. The van der Waals surface area contributed by atoms with Crippen molar-refractivity contribution in [2.75, 3.05) is 12.4 Å². The molecular weight excluding hydrogens is 342 g/mol. The molecule has 1 aromatic carbocycles. The van der Waals surface area contributed by atoms with Crippen LogP contribution in [-0.2, 0) is 12.8 Å². The van der Waals surface area contributed by atoms with Crippen molar-refractivity contribution >= 4 is 45.5 Å². The number of nitrogens with zero attached hydrogens (tertiary/aromatic N) is 2. The van der Waals surface area contributed by atoms with Gasteiger partial charge in [0.15, 0.2) is 0 Å². The lowest BCUT2D eigenvalue weighted by Crippen LogP contribution is -2.09. The zero-order chi connectivity index (χ0) is 15.8. The van der Waals surface area contributed by atoms with Crippen LogP contribution in [0.3, 0.4) is 0 Å². The largest absolute Gasteiger partial charge is 0.497 e. The van der Waals surface area contributed by atoms with Crippen LogP contribution in [0, 0.1) is 5.92 Å². The van der Waals surface area contributed by atoms with Crippen molar-refractivity contribution < 1.29 is 4.74 Å². The molecule has 1 N–H and O–H groups in total. The number of aromatic nitrogens is 2. The van der Waals surface area contributed by atoms with Crippen molar-refractivity contribution in [2.24, 2.45) is 5.92 Å². The summed E-state index contributed by atoms with van der Waals surface area (Å²) in [7, 11) is 1.68. The van der Waals surface area contributed by atoms with Gasteiger partial charge in [0.25, 0.3) is 0 Å². The minimum Gasteiger partial charge on any atom is -0.497 e. The van der Waals surface area contributed by atoms with E-state index in [1.807, 2.05) is 35.6 Å². The van der Waals surface area contributed by atoms with E-state index in [4.69, 9.17) is 4.74 Å². The average Bonchev–Trinajstić information content (AvgIpc) is 2.94. The number of hydrogen-bond donors (Lipinski definition) is 1. The molecule has 4 rings (SSSR count). The smallest absolute Gasteiger partial charge is 0.142 e. The zero-order valence-corrected chi connectivity index (χ0v) is 15.3. The van der Waals surface area contributed by atoms with Crippen molar-refractivity contribution in [2.45, 2.75) is 26.2 Å². The van der Waals surface area contributed by atoms with Crippen molar-refractivity contribution in [1.82, 2.24) is 9.97 Å². The number of benzene rings is 1. The Hall–Kier alpha value is -1.85. The fraction of sp³-hybridized carbons (Fsp3) is 0.333. The second kappa shape index (κ2) is 6.95. The van der Waals surface area contributed by atoms with Gasteiger partial charge in [0, 0.05) is 10.6 Å². The summed E-state index contributed by atoms with van der Waals surface area (Å²) in [6, 6.07) is 7.91. The van der Waals surface area contributed by atoms with Gasteiger partial charge in [0.2, 0.25) is 0 Å². The number of hydrogen-bond acceptors (Lipinski definition) is 5. The molecule has 0 bridgehead atoms. The maximum Gasteiger partial charge on any atom is 0.142 e. The molecule has 1 unspecified atom stereocenters. The highest BCUT2D eigenvalue weighted by Gasteiger charge is 2.23. The lowest BCUT2D eigenvalue weighted by molar-refractivity contribution is 0.415. The third-order valence-electron chi connectivity index (χ3n) is 4.44. The van der Waals surface area contributed by atoms with Gasteiger partial charge in [-0.05, 0) is 55.0 Å². The van der Waals surface area contributed by atoms with Crippen LogP contribution in [0.15, 0.2) is 30.6 Å². The Labute approximate surface area is 151 Å². The van der Waals surface area contributed by atoms with Gasteiger partial charge >= 0.3 is 0 Å². The molecule has 1 aliphatic carbocycles. The molecule has 0 aliphatic heterocycles. The molecule has 6 heteroatoms. The molecule has 2 heterocycles. The van der Waals surface area contributed by atoms with E-state index in [9.17, 15) is 0 Å². The summed E-state index contributed by atoms with van der Waals surface area (Å²) in [6.45, 7) is 2.33. The van der Waals surface area contributed by atoms with Crippen LogP contribution >= 0.6 is 23.7 Å². The number of ether oxygens (including phenoxy) is 1. The molecule has 3 aromatic rings. The van der Waals surface area contributed by atoms with E-state index < -0.39 is 0 Å². The highest BCUT2D eigenvalue weighted by atomic mass is 35.5. The van der Waals surface area contributed by atoms with Crippen molar-refractivity contribution in [3.05, 3.63) is 41.0 Å². The van der Waals surface area contributed by atoms with Crippen molar-refractivity contribution in [1.29, 1.82) is 0 Å². The van der Waals surface area contributed by atoms with Crippen LogP contribution in [0.1, 0.15) is 23.8 Å². The molecule has 4 nitrogen and oxygen atoms in total. The Kier molecular flexibility index (Phi) is 4.92. The highest BCUT2D eigenvalue weighted by Crippen LogP contribution is 2.40. The van der Waals surface area contributed by atoms with Crippen LogP contribution in [-0.4, -0.2) is 17.1 Å². The number of anilines is 2. The molecule has 0 amide bonds. The summed E-state index contributed by atoms with van der Waals surface area (Å²) >= 11 is 1.82. The normalized spacial score (nSPS) is 16.3. The summed E-state index contributed by atoms with van der Waals surface area (Å²) < 4.78 is 5.21. The average molecular weight is 362 g/mol. The monoisotopic (exact) mass is 361 g/mol. The molecule has 1 aliphatic rings. The first-order valence-corrected chi connectivity index (χ1v) is 8.72. The summed E-state index contributed by atoms with van der Waals surface area (Å²) in [4.78, 5) is 11.6. The third kappa shape index (κ3) is 3.06. The van der Waals surface area contributed by atoms with E-state index in [1.54, 1.807) is 13.4 Å². The number of rotatable bonds is 3. The predicted octanol–water partition coefficient (Wildman–Crippen LogP) is 4.99. The fourth-order valence-electron chi connectivity index (χ4n) is 3.18. The maximum atomic E-state index is 5.21. The number of methoxy groups -OCH3 is 1. The van der Waals surface area contributed by atoms with Gasteiger partial charge < -0.3 is 10.1 Å². The van der Waals surface area contributed by atoms with E-state index in [1.165, 1.54) is 28.7 Å². The molecule has 0 spiro atoms. The van der Waals surface area contributed by atoms with Gasteiger partial charge in [-0.25, -0.2) is 9.97 Å². The Morgan fingerprint density at radius 3 is 2.75 bits per heavy atom. The van der Waals surface area contributed by atoms with Gasteiger partial charge in [-0.3, -0.25) is 0 Å². The van der Waals surface area contributed by atoms with E-state index in [2.05, 4.69) is 22.2 Å². The molecule has 0 fully saturated rings. The van der Waals surface area contributed by atoms with Crippen LogP contribution in [0.25, 0.3) is 10.2 Å². The van der Waals surface area contributed by atoms with Gasteiger partial charge in [-0.1, -0.05) is 6.92 Å². The molecule has 0 radical (unpaired) electrons. The topological polar surface area (TPSA) is 47.0 Å². The summed E-state index contributed by atoms with van der Waals surface area (Å²) in [5.74, 6) is 2.53. The summed E-state index contributed by atoms with van der Waals surface area (Å²) in [6.07, 6.45) is 5.19. The number of halogens is 1. The Morgan fingerprint density at radius 2 is 2.00 bits per heavy atom. The van der Waals surface area contributed by atoms with Gasteiger partial charge in [-0.15, -0.1) is 23.7 Å². The van der Waals surface area contributed by atoms with Crippen molar-refractivity contribution in [3.63, 3.8) is 0 Å². The van der Waals surface area contributed by atoms with E-state index in [0.29, 0.717) is 0 Å². The van der Waals surface area contributed by atoms with Crippen LogP contribution in [0.4, 0.5) is 11.5 Å². The third-order valence-corrected chi connectivity index (χ3v) is 5.61. The number of fused-ring (bicyclic) bond motifs is 3. The van der Waals surface area contributed by atoms with Gasteiger partial charge in [0.1, 0.15) is 22.7 Å². The zero-order valence-electron chi connectivity index (χ0n) is 13.7. The molecule has 2 aromatic heterocycles. The first kappa shape index (κ1) is 17.0. The fourth-order valence-corrected chi connectivity index (χ4v) is 4.53. The SMILES string of the molecule is COc1ccc(Nc2ncnc3sc4c(c23)CCC(C)C4)cc1.Cl. The number of aryl methyl sites for hydroxylation is 1. The standard InChI is InChI=1S/C18H19N3OS.ClH/c1-11-3-8-14-15(9-11)23-18-16(14)17(19-10-20-18)21-12-4-6-13(22-2)7-5-12;/h4-7,10-11H,3,8-9H2,1-2H3,(H,19,20,21);1H. The quantitative estimate of drug-likeness (QED) is 0.713. The van der Waals surface area contributed by atoms with Crippen LogP contribution < -0.4 is 10.1 Å². The molecule has 1 atom stereocenters. The second-order valence-electron chi connectivity index (χ2n) is 6.11. The van der Waals surface area contributed by atoms with Gasteiger partial charge in [-0.2, -0.15) is 0 Å². The molecule has 24 heavy (non-hydrogen) atoms. The van der Waals surface area contributed by atoms with E-state index in [-0.39, 0.29) is 12.4 Å². The Morgan fingerprint density at radius 1 is 1.21 bits per heavy atom. The van der Waals surface area contributed by atoms with Crippen LogP contribution in [0.5, 0.6) is 5.75 Å². The first-order valence-electron chi connectivity index (χ1n) is 7.91. The summed E-state index contributed by atoms with van der Waals surface area (Å²) in [5, 5.41) is 4.65. The first-order chi connectivity index (χ1) is 11.2. The number of thiophene rings is 1. The Bertz CT molecular complexity index is 847. The second-order valence-corrected chi connectivity index (χ2v) is 7.19. The van der Waals surface area contributed by atoms with E-state index in [0.717, 1.165) is 34.4 Å². The maximum absolute atomic E-state index is 5.21. The molecule has 0 saturated carbocycles. The van der Waals surface area contributed by atoms with Crippen LogP contribution in [0.2, 0.25) is 0 Å². The summed E-state index contributed by atoms with van der Waals surface area (Å²) in [5.41, 5.74) is 2.45. The highest BCUT2D eigenvalue weighted by molar-refractivity contribution is 7.19. The van der Waals surface area contributed by atoms with E-state index >= 15 is 0 Å². The lowest BCUT2D eigenvalue weighted by atomic mass is 9.89. The Balaban J connectivity index is 0.00000169. The predicted molar refractivity (Wildman–Crippen MR) is 102 cm³/mol. The van der Waals surface area contributed by atoms with Crippen molar-refractivity contribution in [3.8, 4) is 5.75 Å². The lowest BCUT2D eigenvalue weighted by Gasteiger charge is -2.18. The minimum absolute atomic E-state index is 0. The molecule has 126 valence electrons. The van der Waals surface area contributed by atoms with Gasteiger partial charge in [0.05, 0.1) is 12.5 Å².